The minimum Gasteiger partial charge on any atom is -0.464 e. The number of fused-ring (bicyclic) bond motifs is 5. The molecule has 2 saturated heterocycles. The number of likely N-dealkylation sites (tertiary alicyclic amines) is 1. The molecule has 0 radical (unpaired) electrons. The van der Waals surface area contributed by atoms with Crippen LogP contribution in [-0.4, -0.2) is 69.5 Å². The molecule has 2 aromatic carbocycles. The van der Waals surface area contributed by atoms with Crippen LogP contribution in [0.3, 0.4) is 0 Å². The lowest BCUT2D eigenvalue weighted by Crippen LogP contribution is -2.51. The molecule has 14 heteroatoms. The summed E-state index contributed by atoms with van der Waals surface area (Å²) < 4.78 is 43.4. The molecule has 5 aromatic rings. The number of imidazole rings is 1. The van der Waals surface area contributed by atoms with Crippen molar-refractivity contribution in [1.29, 1.82) is 0 Å². The van der Waals surface area contributed by atoms with E-state index in [1.54, 1.807) is 22.4 Å². The van der Waals surface area contributed by atoms with Crippen molar-refractivity contribution >= 4 is 46.8 Å². The van der Waals surface area contributed by atoms with Crippen LogP contribution in [0.4, 0.5) is 9.18 Å². The molecule has 292 valence electrons. The summed E-state index contributed by atoms with van der Waals surface area (Å²) in [6.45, 7) is 12.4. The third kappa shape index (κ3) is 6.11. The van der Waals surface area contributed by atoms with Gasteiger partial charge in [0.2, 0.25) is 12.1 Å². The molecule has 4 aliphatic rings. The smallest absolute Gasteiger partial charge is 0.464 e. The number of amides is 2. The number of thiophene rings is 1. The van der Waals surface area contributed by atoms with Gasteiger partial charge in [-0.1, -0.05) is 32.0 Å². The molecule has 3 fully saturated rings. The molecule has 11 nitrogen and oxygen atoms in total. The number of methoxy groups -OCH3 is 1. The maximum absolute atomic E-state index is 17.1. The monoisotopic (exact) mass is 779 g/mol. The normalized spacial score (nSPS) is 21.6. The molecular formula is C42H47BFN5O6S. The van der Waals surface area contributed by atoms with E-state index in [1.165, 1.54) is 24.8 Å². The number of benzene rings is 2. The van der Waals surface area contributed by atoms with Crippen LogP contribution in [0.25, 0.3) is 33.4 Å². The highest BCUT2D eigenvalue weighted by Gasteiger charge is 2.52. The Hall–Kier alpha value is -4.66. The van der Waals surface area contributed by atoms with Crippen LogP contribution in [0.2, 0.25) is 0 Å². The Kier molecular flexibility index (Phi) is 8.90. The minimum absolute atomic E-state index is 0.135. The van der Waals surface area contributed by atoms with Crippen LogP contribution in [0.1, 0.15) is 101 Å². The Labute approximate surface area is 330 Å². The fourth-order valence-electron chi connectivity index (χ4n) is 8.19. The molecule has 6 heterocycles. The lowest BCUT2D eigenvalue weighted by molar-refractivity contribution is -0.135. The van der Waals surface area contributed by atoms with E-state index in [1.807, 2.05) is 82.5 Å². The Bertz CT molecular complexity index is 2350. The number of alkyl carbamates (subject to hydrolysis) is 1. The van der Waals surface area contributed by atoms with Crippen molar-refractivity contribution in [2.24, 2.45) is 5.92 Å². The summed E-state index contributed by atoms with van der Waals surface area (Å²) in [5, 5.41) is 3.18. The highest BCUT2D eigenvalue weighted by atomic mass is 32.1. The van der Waals surface area contributed by atoms with E-state index in [0.29, 0.717) is 40.7 Å². The molecule has 9 rings (SSSR count). The van der Waals surface area contributed by atoms with E-state index < -0.39 is 36.7 Å². The average Bonchev–Trinajstić information content (AvgIpc) is 3.57. The van der Waals surface area contributed by atoms with Crippen molar-refractivity contribution in [2.45, 2.75) is 103 Å². The van der Waals surface area contributed by atoms with Crippen LogP contribution < -0.4 is 15.5 Å². The SMILES string of the molecule is COC(=O)N[C@H](C(=O)N1CCCC1c1ncc(-c2ccc3c(c2)OC(c2ccc(C4CC4)s2)n2c-3c(F)c3cc(B4OC(C)(C)C(C)(C)O4)ccc32)[nH]1)C(C)C. The first-order chi connectivity index (χ1) is 26.7. The Balaban J connectivity index is 1.07. The molecule has 1 saturated carbocycles. The van der Waals surface area contributed by atoms with Gasteiger partial charge in [-0.25, -0.2) is 14.2 Å². The van der Waals surface area contributed by atoms with Crippen LogP contribution in [-0.2, 0) is 18.8 Å². The highest BCUT2D eigenvalue weighted by molar-refractivity contribution is 7.12. The number of hydrogen-bond acceptors (Lipinski definition) is 8. The molecule has 2 unspecified atom stereocenters. The summed E-state index contributed by atoms with van der Waals surface area (Å²) in [4.78, 5) is 38.1. The molecule has 2 amide bonds. The molecule has 2 N–H and O–H groups in total. The van der Waals surface area contributed by atoms with Gasteiger partial charge in [-0.2, -0.15) is 0 Å². The van der Waals surface area contributed by atoms with Gasteiger partial charge in [0.25, 0.3) is 0 Å². The molecular weight excluding hydrogens is 732 g/mol. The first-order valence-corrected chi connectivity index (χ1v) is 20.4. The minimum atomic E-state index is -0.724. The second-order valence-electron chi connectivity index (χ2n) is 16.8. The summed E-state index contributed by atoms with van der Waals surface area (Å²) in [5.41, 5.74) is 3.13. The number of ether oxygens (including phenoxy) is 2. The second-order valence-corrected chi connectivity index (χ2v) is 18.0. The van der Waals surface area contributed by atoms with Gasteiger partial charge in [0.15, 0.2) is 5.82 Å². The van der Waals surface area contributed by atoms with E-state index >= 15 is 4.39 Å². The fraction of sp³-hybridized carbons (Fsp3) is 0.452. The van der Waals surface area contributed by atoms with Crippen molar-refractivity contribution in [1.82, 2.24) is 24.8 Å². The number of aromatic amines is 1. The Morgan fingerprint density at radius 3 is 2.50 bits per heavy atom. The lowest BCUT2D eigenvalue weighted by Gasteiger charge is -2.32. The van der Waals surface area contributed by atoms with Crippen LogP contribution in [0.5, 0.6) is 5.75 Å². The van der Waals surface area contributed by atoms with Gasteiger partial charge < -0.3 is 34.0 Å². The van der Waals surface area contributed by atoms with Gasteiger partial charge in [-0.05, 0) is 101 Å². The molecule has 0 spiro atoms. The van der Waals surface area contributed by atoms with Gasteiger partial charge in [-0.15, -0.1) is 11.3 Å². The van der Waals surface area contributed by atoms with Gasteiger partial charge >= 0.3 is 13.2 Å². The van der Waals surface area contributed by atoms with Crippen molar-refractivity contribution in [3.8, 4) is 28.3 Å². The topological polar surface area (TPSA) is 120 Å². The maximum atomic E-state index is 17.1. The van der Waals surface area contributed by atoms with Gasteiger partial charge in [0.1, 0.15) is 17.6 Å². The van der Waals surface area contributed by atoms with Crippen LogP contribution in [0.15, 0.2) is 54.7 Å². The third-order valence-electron chi connectivity index (χ3n) is 12.2. The van der Waals surface area contributed by atoms with E-state index in [9.17, 15) is 9.59 Å². The average molecular weight is 780 g/mol. The summed E-state index contributed by atoms with van der Waals surface area (Å²) in [6.07, 6.45) is 4.47. The molecule has 3 aromatic heterocycles. The van der Waals surface area contributed by atoms with Crippen molar-refractivity contribution < 1.29 is 32.8 Å². The van der Waals surface area contributed by atoms with Crippen molar-refractivity contribution in [2.75, 3.05) is 13.7 Å². The number of carbonyl (C=O) groups excluding carboxylic acids is 2. The summed E-state index contributed by atoms with van der Waals surface area (Å²) in [6, 6.07) is 14.9. The number of aromatic nitrogens is 3. The Morgan fingerprint density at radius 1 is 1.04 bits per heavy atom. The first-order valence-electron chi connectivity index (χ1n) is 19.5. The van der Waals surface area contributed by atoms with Gasteiger partial charge in [0, 0.05) is 27.9 Å². The predicted octanol–water partition coefficient (Wildman–Crippen LogP) is 8.06. The Morgan fingerprint density at radius 2 is 1.79 bits per heavy atom. The summed E-state index contributed by atoms with van der Waals surface area (Å²) in [7, 11) is 0.664. The van der Waals surface area contributed by atoms with Crippen LogP contribution >= 0.6 is 11.3 Å². The number of nitrogens with zero attached hydrogens (tertiary/aromatic N) is 3. The molecule has 0 bridgehead atoms. The zero-order valence-electron chi connectivity index (χ0n) is 32.8. The lowest BCUT2D eigenvalue weighted by atomic mass is 9.78. The van der Waals surface area contributed by atoms with Crippen molar-refractivity contribution in [3.63, 3.8) is 0 Å². The van der Waals surface area contributed by atoms with Gasteiger partial charge in [-0.3, -0.25) is 9.36 Å². The zero-order chi connectivity index (χ0) is 39.3. The third-order valence-corrected chi connectivity index (χ3v) is 13.5. The standard InChI is InChI=1S/C42H47BFN5O6S/c1-22(2)35(47-40(51)52-7)38(50)48-18-8-9-30(48)37-45-21-28(46-37)24-12-14-26-31(19-24)53-39(33-17-16-32(56-33)23-10-11-23)49-29-15-13-25(20-27(29)34(44)36(26)49)43-54-41(3,4)42(5,6)55-43/h12-17,19-23,30,35,39H,8-11,18H2,1-7H3,(H,45,46)(H,47,51)/t30?,35-,39?/m0/s1. The molecule has 56 heavy (non-hydrogen) atoms. The number of carbonyl (C=O) groups is 2. The second kappa shape index (κ2) is 13.5. The number of nitrogens with one attached hydrogen (secondary N) is 2. The number of H-pyrrole nitrogens is 1. The fourth-order valence-corrected chi connectivity index (χ4v) is 9.39. The highest BCUT2D eigenvalue weighted by Crippen LogP contribution is 2.50. The van der Waals surface area contributed by atoms with E-state index in [0.717, 1.165) is 40.0 Å². The van der Waals surface area contributed by atoms with Gasteiger partial charge in [0.05, 0.1) is 52.3 Å². The summed E-state index contributed by atoms with van der Waals surface area (Å²) >= 11 is 1.73. The van der Waals surface area contributed by atoms with Crippen molar-refractivity contribution in [3.05, 3.63) is 76.1 Å². The predicted molar refractivity (Wildman–Crippen MR) is 214 cm³/mol. The quantitative estimate of drug-likeness (QED) is 0.153. The van der Waals surface area contributed by atoms with Crippen LogP contribution in [0, 0.1) is 11.7 Å². The largest absolute Gasteiger partial charge is 0.494 e. The van der Waals surface area contributed by atoms with E-state index in [-0.39, 0.29) is 23.7 Å². The number of rotatable bonds is 8. The molecule has 3 aliphatic heterocycles. The maximum Gasteiger partial charge on any atom is 0.494 e. The number of hydrogen-bond donors (Lipinski definition) is 2. The molecule has 3 atom stereocenters. The summed E-state index contributed by atoms with van der Waals surface area (Å²) in [5.74, 6) is 1.19. The molecule has 1 aliphatic carbocycles. The zero-order valence-corrected chi connectivity index (χ0v) is 33.6. The first kappa shape index (κ1) is 37.0. The van der Waals surface area contributed by atoms with E-state index in [2.05, 4.69) is 22.4 Å². The van der Waals surface area contributed by atoms with E-state index in [4.69, 9.17) is 23.8 Å². The number of halogens is 1.